The molecule has 2 nitrogen and oxygen atoms in total. The van der Waals surface area contributed by atoms with Gasteiger partial charge < -0.3 is 9.16 Å². The summed E-state index contributed by atoms with van der Waals surface area (Å²) < 4.78 is 11.9. The number of benzene rings is 1. The minimum Gasteiger partial charge on any atom is -0.538 e. The number of hydrogen-bond acceptors (Lipinski definition) is 3. The highest BCUT2D eigenvalue weighted by Crippen LogP contribution is 2.33. The lowest BCUT2D eigenvalue weighted by molar-refractivity contribution is 0.225. The van der Waals surface area contributed by atoms with Crippen molar-refractivity contribution in [2.75, 3.05) is 0 Å². The molecule has 1 aromatic rings. The van der Waals surface area contributed by atoms with Gasteiger partial charge in [0.05, 0.1) is 0 Å². The number of thioether (sulfide) groups is 1. The molecule has 0 amide bonds. The Bertz CT molecular complexity index is 412. The smallest absolute Gasteiger partial charge is 0.243 e. The second-order valence-corrected chi connectivity index (χ2v) is 12.9. The second kappa shape index (κ2) is 7.23. The van der Waals surface area contributed by atoms with Crippen LogP contribution in [0.3, 0.4) is 0 Å². The van der Waals surface area contributed by atoms with Gasteiger partial charge in [-0.2, -0.15) is 0 Å². The van der Waals surface area contributed by atoms with Crippen molar-refractivity contribution in [1.29, 1.82) is 0 Å². The highest BCUT2D eigenvalue weighted by atomic mass is 32.2. The Balaban J connectivity index is 2.64. The van der Waals surface area contributed by atoms with Gasteiger partial charge in [-0.3, -0.25) is 0 Å². The summed E-state index contributed by atoms with van der Waals surface area (Å²) in [4.78, 5) is 0. The predicted molar refractivity (Wildman–Crippen MR) is 91.1 cm³/mol. The first-order chi connectivity index (χ1) is 9.16. The molecule has 0 aliphatic rings. The molecule has 0 bridgehead atoms. The van der Waals surface area contributed by atoms with Gasteiger partial charge in [-0.1, -0.05) is 62.9 Å². The molecule has 0 aliphatic heterocycles. The van der Waals surface area contributed by atoms with Gasteiger partial charge in [-0.15, -0.1) is 0 Å². The van der Waals surface area contributed by atoms with E-state index in [1.54, 1.807) is 18.0 Å². The van der Waals surface area contributed by atoms with Gasteiger partial charge >= 0.3 is 0 Å². The fourth-order valence-electron chi connectivity index (χ4n) is 1.45. The maximum absolute atomic E-state index is 6.09. The van der Waals surface area contributed by atoms with Crippen molar-refractivity contribution >= 4 is 20.1 Å². The van der Waals surface area contributed by atoms with E-state index in [2.05, 4.69) is 52.5 Å². The fraction of sp³-hybridized carbons (Fsp3) is 0.500. The van der Waals surface area contributed by atoms with E-state index in [4.69, 9.17) is 9.16 Å². The van der Waals surface area contributed by atoms with Crippen LogP contribution in [0.25, 0.3) is 0 Å². The molecule has 0 heterocycles. The summed E-state index contributed by atoms with van der Waals surface area (Å²) >= 11 is 1.71. The average molecular weight is 311 g/mol. The van der Waals surface area contributed by atoms with Crippen LogP contribution in [0.4, 0.5) is 0 Å². The number of hydrogen-bond donors (Lipinski definition) is 0. The van der Waals surface area contributed by atoms with E-state index in [0.29, 0.717) is 6.61 Å². The van der Waals surface area contributed by atoms with Crippen LogP contribution in [0, 0.1) is 0 Å². The van der Waals surface area contributed by atoms with Crippen LogP contribution in [-0.2, 0) is 15.8 Å². The Morgan fingerprint density at radius 3 is 2.25 bits per heavy atom. The summed E-state index contributed by atoms with van der Waals surface area (Å²) in [6.45, 7) is 13.6. The van der Waals surface area contributed by atoms with Crippen molar-refractivity contribution < 1.29 is 9.16 Å². The van der Waals surface area contributed by atoms with Gasteiger partial charge in [0.2, 0.25) is 8.32 Å². The van der Waals surface area contributed by atoms with Gasteiger partial charge in [0.25, 0.3) is 0 Å². The molecule has 0 aliphatic carbocycles. The quantitative estimate of drug-likeness (QED) is 0.519. The first-order valence-corrected chi connectivity index (χ1v) is 11.1. The molecule has 1 rings (SSSR count). The van der Waals surface area contributed by atoms with Gasteiger partial charge in [0.15, 0.2) is 5.09 Å². The summed E-state index contributed by atoms with van der Waals surface area (Å²) in [5.41, 5.74) is 1.16. The van der Waals surface area contributed by atoms with Gasteiger partial charge in [0.1, 0.15) is 12.9 Å². The van der Waals surface area contributed by atoms with Crippen molar-refractivity contribution in [3.63, 3.8) is 0 Å². The minimum atomic E-state index is -1.62. The summed E-state index contributed by atoms with van der Waals surface area (Å²) in [7, 11) is -1.62. The molecule has 0 saturated carbocycles. The lowest BCUT2D eigenvalue weighted by atomic mass is 10.2. The third-order valence-corrected chi connectivity index (χ3v) is 4.06. The van der Waals surface area contributed by atoms with Crippen molar-refractivity contribution in [2.24, 2.45) is 0 Å². The Morgan fingerprint density at radius 1 is 1.15 bits per heavy atom. The zero-order chi connectivity index (χ0) is 15.2. The van der Waals surface area contributed by atoms with Crippen molar-refractivity contribution in [1.82, 2.24) is 0 Å². The average Bonchev–Trinajstić information content (AvgIpc) is 2.25. The highest BCUT2D eigenvalue weighted by Gasteiger charge is 2.22. The van der Waals surface area contributed by atoms with Crippen LogP contribution in [0.1, 0.15) is 26.3 Å². The van der Waals surface area contributed by atoms with E-state index >= 15 is 0 Å². The SMILES string of the molecule is CC(C)(C)S/C(=C\OCc1ccccc1)O[Si](C)(C)C. The number of ether oxygens (including phenoxy) is 1. The molecule has 0 unspecified atom stereocenters. The Morgan fingerprint density at radius 2 is 1.75 bits per heavy atom. The number of rotatable bonds is 6. The Kier molecular flexibility index (Phi) is 6.21. The summed E-state index contributed by atoms with van der Waals surface area (Å²) in [5.74, 6) is 0. The van der Waals surface area contributed by atoms with Crippen LogP contribution in [0.2, 0.25) is 19.6 Å². The third-order valence-electron chi connectivity index (χ3n) is 2.09. The lowest BCUT2D eigenvalue weighted by Crippen LogP contribution is -2.25. The molecular formula is C16H26O2SSi. The summed E-state index contributed by atoms with van der Waals surface area (Å²) in [5, 5.41) is 0.882. The molecule has 0 radical (unpaired) electrons. The molecular weight excluding hydrogens is 284 g/mol. The second-order valence-electron chi connectivity index (χ2n) is 6.66. The van der Waals surface area contributed by atoms with Crippen LogP contribution in [-0.4, -0.2) is 13.1 Å². The van der Waals surface area contributed by atoms with Gasteiger partial charge in [-0.25, -0.2) is 0 Å². The first kappa shape index (κ1) is 17.2. The predicted octanol–water partition coefficient (Wildman–Crippen LogP) is 5.39. The van der Waals surface area contributed by atoms with E-state index < -0.39 is 8.32 Å². The van der Waals surface area contributed by atoms with Crippen LogP contribution in [0.5, 0.6) is 0 Å². The van der Waals surface area contributed by atoms with E-state index in [9.17, 15) is 0 Å². The van der Waals surface area contributed by atoms with Gasteiger partial charge in [-0.05, 0) is 25.2 Å². The Hall–Kier alpha value is -0.873. The monoisotopic (exact) mass is 310 g/mol. The molecule has 0 fully saturated rings. The summed E-state index contributed by atoms with van der Waals surface area (Å²) in [6, 6.07) is 10.2. The van der Waals surface area contributed by atoms with Crippen molar-refractivity contribution in [3.8, 4) is 0 Å². The molecule has 0 atom stereocenters. The van der Waals surface area contributed by atoms with Crippen molar-refractivity contribution in [2.45, 2.75) is 51.8 Å². The molecule has 0 aromatic heterocycles. The van der Waals surface area contributed by atoms with E-state index in [-0.39, 0.29) is 4.75 Å². The first-order valence-electron chi connectivity index (χ1n) is 6.89. The third kappa shape index (κ3) is 8.33. The van der Waals surface area contributed by atoms with E-state index in [1.165, 1.54) is 0 Å². The normalized spacial score (nSPS) is 13.2. The zero-order valence-electron chi connectivity index (χ0n) is 13.4. The molecule has 0 N–H and O–H groups in total. The summed E-state index contributed by atoms with van der Waals surface area (Å²) in [6.07, 6.45) is 1.77. The van der Waals surface area contributed by atoms with Crippen LogP contribution < -0.4 is 0 Å². The molecule has 0 spiro atoms. The van der Waals surface area contributed by atoms with Crippen LogP contribution in [0.15, 0.2) is 41.7 Å². The highest BCUT2D eigenvalue weighted by molar-refractivity contribution is 8.04. The largest absolute Gasteiger partial charge is 0.538 e. The molecule has 20 heavy (non-hydrogen) atoms. The van der Waals surface area contributed by atoms with Crippen LogP contribution >= 0.6 is 11.8 Å². The maximum Gasteiger partial charge on any atom is 0.243 e. The standard InChI is InChI=1S/C16H26O2SSi/c1-16(2,3)19-15(18-20(4,5)6)13-17-12-14-10-8-7-9-11-14/h7-11,13H,12H2,1-6H3/b15-13-. The van der Waals surface area contributed by atoms with E-state index in [0.717, 1.165) is 10.7 Å². The van der Waals surface area contributed by atoms with Gasteiger partial charge in [0, 0.05) is 4.75 Å². The topological polar surface area (TPSA) is 18.5 Å². The van der Waals surface area contributed by atoms with Crippen molar-refractivity contribution in [3.05, 3.63) is 47.2 Å². The van der Waals surface area contributed by atoms with E-state index in [1.807, 2.05) is 18.2 Å². The lowest BCUT2D eigenvalue weighted by Gasteiger charge is -2.25. The molecule has 4 heteroatoms. The maximum atomic E-state index is 6.09. The molecule has 0 saturated heterocycles. The fourth-order valence-corrected chi connectivity index (χ4v) is 3.74. The minimum absolute atomic E-state index is 0.113. The zero-order valence-corrected chi connectivity index (χ0v) is 15.2. The Labute approximate surface area is 128 Å². The molecule has 112 valence electrons. The molecule has 1 aromatic carbocycles.